The highest BCUT2D eigenvalue weighted by atomic mass is 79.9. The molecule has 0 bridgehead atoms. The Balaban J connectivity index is 2.49. The van der Waals surface area contributed by atoms with Crippen LogP contribution in [0.4, 0.5) is 0 Å². The van der Waals surface area contributed by atoms with Crippen molar-refractivity contribution in [3.8, 4) is 5.69 Å². The molecule has 0 aliphatic heterocycles. The van der Waals surface area contributed by atoms with E-state index < -0.39 is 0 Å². The Morgan fingerprint density at radius 1 is 1.44 bits per heavy atom. The molecule has 5 heteroatoms. The molecular weight excluding hydrogens is 289 g/mol. The molecule has 2 rings (SSSR count). The van der Waals surface area contributed by atoms with E-state index in [1.54, 1.807) is 6.33 Å². The monoisotopic (exact) mass is 299 g/mol. The number of aromatic nitrogens is 2. The minimum absolute atomic E-state index is 0.601. The van der Waals surface area contributed by atoms with Crippen LogP contribution >= 0.6 is 27.5 Å². The van der Waals surface area contributed by atoms with Crippen molar-refractivity contribution in [3.63, 3.8) is 0 Å². The molecule has 1 heterocycles. The fraction of sp³-hybridized carbons (Fsp3) is 0.182. The number of nitrogens with two attached hydrogens (primary N) is 1. The summed E-state index contributed by atoms with van der Waals surface area (Å²) in [6, 6.07) is 5.66. The number of hydrogen-bond donors (Lipinski definition) is 1. The Morgan fingerprint density at radius 3 is 3.00 bits per heavy atom. The third-order valence-electron chi connectivity index (χ3n) is 2.28. The highest BCUT2D eigenvalue weighted by Crippen LogP contribution is 2.25. The molecule has 1 aromatic carbocycles. The predicted octanol–water partition coefficient (Wildman–Crippen LogP) is 2.79. The smallest absolute Gasteiger partial charge is 0.0994 e. The van der Waals surface area contributed by atoms with E-state index in [-0.39, 0.29) is 0 Å². The lowest BCUT2D eigenvalue weighted by Crippen LogP contribution is -2.07. The topological polar surface area (TPSA) is 43.8 Å². The average molecular weight is 301 g/mol. The summed E-state index contributed by atoms with van der Waals surface area (Å²) in [7, 11) is 0. The number of rotatable bonds is 3. The largest absolute Gasteiger partial charge is 0.330 e. The second-order valence-corrected chi connectivity index (χ2v) is 4.68. The lowest BCUT2D eigenvalue weighted by atomic mass is 10.3. The minimum atomic E-state index is 0.601. The van der Waals surface area contributed by atoms with Crippen LogP contribution in [-0.2, 0) is 6.42 Å². The first kappa shape index (κ1) is 11.6. The fourth-order valence-electron chi connectivity index (χ4n) is 1.54. The molecule has 3 nitrogen and oxygen atoms in total. The summed E-state index contributed by atoms with van der Waals surface area (Å²) in [5, 5.41) is 0.700. The molecule has 1 aromatic heterocycles. The van der Waals surface area contributed by atoms with Gasteiger partial charge in [0, 0.05) is 27.8 Å². The van der Waals surface area contributed by atoms with Crippen molar-refractivity contribution >= 4 is 27.5 Å². The number of benzene rings is 1. The van der Waals surface area contributed by atoms with E-state index >= 15 is 0 Å². The van der Waals surface area contributed by atoms with Gasteiger partial charge >= 0.3 is 0 Å². The summed E-state index contributed by atoms with van der Waals surface area (Å²) in [6.07, 6.45) is 4.38. The zero-order valence-corrected chi connectivity index (χ0v) is 10.9. The summed E-state index contributed by atoms with van der Waals surface area (Å²) in [5.41, 5.74) is 7.61. The number of hydrogen-bond acceptors (Lipinski definition) is 2. The lowest BCUT2D eigenvalue weighted by molar-refractivity contribution is 0.871. The zero-order valence-electron chi connectivity index (χ0n) is 8.53. The van der Waals surface area contributed by atoms with E-state index in [4.69, 9.17) is 17.3 Å². The molecule has 0 spiro atoms. The number of imidazole rings is 1. The second kappa shape index (κ2) is 4.99. The van der Waals surface area contributed by atoms with Gasteiger partial charge in [0.05, 0.1) is 12.0 Å². The van der Waals surface area contributed by atoms with Gasteiger partial charge in [0.25, 0.3) is 0 Å². The van der Waals surface area contributed by atoms with E-state index in [0.717, 1.165) is 22.3 Å². The quantitative estimate of drug-likeness (QED) is 0.947. The summed E-state index contributed by atoms with van der Waals surface area (Å²) in [6.45, 7) is 0.601. The fourth-order valence-corrected chi connectivity index (χ4v) is 2.15. The summed E-state index contributed by atoms with van der Waals surface area (Å²) >= 11 is 9.48. The molecule has 2 N–H and O–H groups in total. The third-order valence-corrected chi connectivity index (χ3v) is 3.19. The Labute approximate surface area is 107 Å². The average Bonchev–Trinajstić information content (AvgIpc) is 2.70. The van der Waals surface area contributed by atoms with Gasteiger partial charge < -0.3 is 10.3 Å². The Morgan fingerprint density at radius 2 is 2.25 bits per heavy atom. The Bertz CT molecular complexity index is 496. The van der Waals surface area contributed by atoms with Crippen molar-refractivity contribution in [2.45, 2.75) is 6.42 Å². The van der Waals surface area contributed by atoms with Crippen LogP contribution in [0.1, 0.15) is 5.69 Å². The van der Waals surface area contributed by atoms with Gasteiger partial charge in [0.2, 0.25) is 0 Å². The maximum Gasteiger partial charge on any atom is 0.0994 e. The normalized spacial score (nSPS) is 10.7. The van der Waals surface area contributed by atoms with Crippen LogP contribution in [0.5, 0.6) is 0 Å². The van der Waals surface area contributed by atoms with Gasteiger partial charge in [0.15, 0.2) is 0 Å². The second-order valence-electron chi connectivity index (χ2n) is 3.39. The first-order valence-corrected chi connectivity index (χ1v) is 6.06. The van der Waals surface area contributed by atoms with Crippen molar-refractivity contribution in [1.82, 2.24) is 9.55 Å². The first-order chi connectivity index (χ1) is 7.72. The molecule has 0 aliphatic rings. The summed E-state index contributed by atoms with van der Waals surface area (Å²) in [5.74, 6) is 0. The van der Waals surface area contributed by atoms with E-state index in [1.807, 2.05) is 29.0 Å². The van der Waals surface area contributed by atoms with Crippen molar-refractivity contribution in [2.24, 2.45) is 5.73 Å². The first-order valence-electron chi connectivity index (χ1n) is 4.89. The molecule has 0 radical (unpaired) electrons. The van der Waals surface area contributed by atoms with Crippen LogP contribution in [0.15, 0.2) is 35.2 Å². The summed E-state index contributed by atoms with van der Waals surface area (Å²) in [4.78, 5) is 4.13. The van der Waals surface area contributed by atoms with E-state index in [0.29, 0.717) is 11.6 Å². The van der Waals surface area contributed by atoms with Gasteiger partial charge in [-0.15, -0.1) is 0 Å². The van der Waals surface area contributed by atoms with E-state index in [1.165, 1.54) is 0 Å². The molecule has 0 saturated heterocycles. The van der Waals surface area contributed by atoms with Gasteiger partial charge in [-0.25, -0.2) is 4.98 Å². The Hall–Kier alpha value is -0.840. The molecule has 16 heavy (non-hydrogen) atoms. The van der Waals surface area contributed by atoms with Crippen molar-refractivity contribution < 1.29 is 0 Å². The van der Waals surface area contributed by atoms with Gasteiger partial charge in [-0.1, -0.05) is 11.6 Å². The highest BCUT2D eigenvalue weighted by Gasteiger charge is 2.07. The maximum atomic E-state index is 5.98. The number of halogens is 2. The maximum absolute atomic E-state index is 5.98. The third kappa shape index (κ3) is 2.29. The van der Waals surface area contributed by atoms with Crippen molar-refractivity contribution in [3.05, 3.63) is 45.9 Å². The predicted molar refractivity (Wildman–Crippen MR) is 69.0 cm³/mol. The molecular formula is C11H11BrClN3. The van der Waals surface area contributed by atoms with Crippen LogP contribution in [0.3, 0.4) is 0 Å². The van der Waals surface area contributed by atoms with Crippen LogP contribution in [0.2, 0.25) is 5.02 Å². The van der Waals surface area contributed by atoms with E-state index in [2.05, 4.69) is 20.9 Å². The van der Waals surface area contributed by atoms with Gasteiger partial charge in [-0.3, -0.25) is 0 Å². The molecule has 0 amide bonds. The van der Waals surface area contributed by atoms with Crippen LogP contribution in [0.25, 0.3) is 5.69 Å². The van der Waals surface area contributed by atoms with Gasteiger partial charge in [-0.2, -0.15) is 0 Å². The molecule has 0 fully saturated rings. The van der Waals surface area contributed by atoms with Crippen LogP contribution in [0, 0.1) is 0 Å². The molecule has 2 aromatic rings. The SMILES string of the molecule is NCCc1cncn1-c1cc(Cl)ccc1Br. The molecule has 0 atom stereocenters. The standard InChI is InChI=1S/C11H11BrClN3/c12-10-2-1-8(13)5-11(10)16-7-15-6-9(16)3-4-14/h1-2,5-7H,3-4,14H2. The molecule has 0 unspecified atom stereocenters. The van der Waals surface area contributed by atoms with Crippen LogP contribution in [-0.4, -0.2) is 16.1 Å². The highest BCUT2D eigenvalue weighted by molar-refractivity contribution is 9.10. The van der Waals surface area contributed by atoms with Crippen molar-refractivity contribution in [2.75, 3.05) is 6.54 Å². The molecule has 0 aliphatic carbocycles. The lowest BCUT2D eigenvalue weighted by Gasteiger charge is -2.09. The number of nitrogens with zero attached hydrogens (tertiary/aromatic N) is 2. The minimum Gasteiger partial charge on any atom is -0.330 e. The van der Waals surface area contributed by atoms with Crippen molar-refractivity contribution in [1.29, 1.82) is 0 Å². The zero-order chi connectivity index (χ0) is 11.5. The van der Waals surface area contributed by atoms with Gasteiger partial charge in [0.1, 0.15) is 0 Å². The van der Waals surface area contributed by atoms with Crippen LogP contribution < -0.4 is 5.73 Å². The van der Waals surface area contributed by atoms with Gasteiger partial charge in [-0.05, 0) is 40.7 Å². The Kier molecular flexibility index (Phi) is 3.63. The molecule has 84 valence electrons. The van der Waals surface area contributed by atoms with E-state index in [9.17, 15) is 0 Å². The summed E-state index contributed by atoms with van der Waals surface area (Å²) < 4.78 is 2.97. The molecule has 0 saturated carbocycles.